The Bertz CT molecular complexity index is 593. The van der Waals surface area contributed by atoms with Crippen molar-refractivity contribution in [1.29, 1.82) is 0 Å². The second-order valence-corrected chi connectivity index (χ2v) is 4.86. The number of aryl methyl sites for hydroxylation is 2. The van der Waals surface area contributed by atoms with E-state index in [1.807, 2.05) is 31.5 Å². The summed E-state index contributed by atoms with van der Waals surface area (Å²) in [6, 6.07) is 6.57. The van der Waals surface area contributed by atoms with Gasteiger partial charge in [0.25, 0.3) is 0 Å². The maximum Gasteiger partial charge on any atom is 0.165 e. The van der Waals surface area contributed by atoms with Crippen LogP contribution < -0.4 is 10.5 Å². The van der Waals surface area contributed by atoms with E-state index in [1.165, 1.54) is 6.07 Å². The van der Waals surface area contributed by atoms with Crippen molar-refractivity contribution in [2.24, 2.45) is 5.73 Å². The Morgan fingerprint density at radius 1 is 1.40 bits per heavy atom. The zero-order valence-electron chi connectivity index (χ0n) is 12.1. The molecule has 0 fully saturated rings. The van der Waals surface area contributed by atoms with E-state index in [0.717, 1.165) is 23.5 Å². The van der Waals surface area contributed by atoms with E-state index in [4.69, 9.17) is 10.5 Å². The smallest absolute Gasteiger partial charge is 0.165 e. The van der Waals surface area contributed by atoms with E-state index in [9.17, 15) is 4.39 Å². The first-order chi connectivity index (χ1) is 9.51. The summed E-state index contributed by atoms with van der Waals surface area (Å²) in [5.74, 6) is -0.157. The van der Waals surface area contributed by atoms with Crippen LogP contribution in [-0.4, -0.2) is 9.78 Å². The number of hydrogen-bond donors (Lipinski definition) is 1. The fourth-order valence-electron chi connectivity index (χ4n) is 2.06. The lowest BCUT2D eigenvalue weighted by Gasteiger charge is -2.11. The maximum absolute atomic E-state index is 13.9. The second kappa shape index (κ2) is 6.05. The van der Waals surface area contributed by atoms with Crippen molar-refractivity contribution in [1.82, 2.24) is 9.78 Å². The van der Waals surface area contributed by atoms with Gasteiger partial charge in [-0.3, -0.25) is 4.68 Å². The molecule has 2 rings (SSSR count). The van der Waals surface area contributed by atoms with E-state index in [2.05, 4.69) is 5.10 Å². The Morgan fingerprint density at radius 2 is 2.15 bits per heavy atom. The van der Waals surface area contributed by atoms with Crippen LogP contribution in [0.4, 0.5) is 4.39 Å². The molecule has 0 aliphatic heterocycles. The molecule has 4 nitrogen and oxygen atoms in total. The van der Waals surface area contributed by atoms with Crippen molar-refractivity contribution in [3.05, 3.63) is 47.0 Å². The summed E-state index contributed by atoms with van der Waals surface area (Å²) in [5, 5.41) is 4.33. The normalized spacial score (nSPS) is 12.4. The SMILES string of the molecule is CCn1nc(C)cc1COc1ccc([C@@H](C)N)cc1F. The number of aromatic nitrogens is 2. The third-order valence-corrected chi connectivity index (χ3v) is 3.14. The average molecular weight is 277 g/mol. The molecule has 0 amide bonds. The van der Waals surface area contributed by atoms with Gasteiger partial charge in [0.2, 0.25) is 0 Å². The molecule has 0 aliphatic carbocycles. The van der Waals surface area contributed by atoms with E-state index in [0.29, 0.717) is 6.61 Å². The fraction of sp³-hybridized carbons (Fsp3) is 0.400. The molecule has 2 aromatic rings. The molecule has 2 N–H and O–H groups in total. The van der Waals surface area contributed by atoms with Crippen LogP contribution >= 0.6 is 0 Å². The van der Waals surface area contributed by atoms with Crippen LogP contribution in [0, 0.1) is 12.7 Å². The lowest BCUT2D eigenvalue weighted by atomic mass is 10.1. The van der Waals surface area contributed by atoms with Gasteiger partial charge in [0.1, 0.15) is 6.61 Å². The summed E-state index contributed by atoms with van der Waals surface area (Å²) < 4.78 is 21.3. The number of ether oxygens (including phenoxy) is 1. The van der Waals surface area contributed by atoms with Crippen molar-refractivity contribution >= 4 is 0 Å². The van der Waals surface area contributed by atoms with Gasteiger partial charge in [-0.15, -0.1) is 0 Å². The van der Waals surface area contributed by atoms with Crippen molar-refractivity contribution in [3.63, 3.8) is 0 Å². The minimum Gasteiger partial charge on any atom is -0.484 e. The molecular weight excluding hydrogens is 257 g/mol. The Hall–Kier alpha value is -1.88. The lowest BCUT2D eigenvalue weighted by Crippen LogP contribution is -2.08. The molecule has 0 radical (unpaired) electrons. The highest BCUT2D eigenvalue weighted by Crippen LogP contribution is 2.22. The van der Waals surface area contributed by atoms with Crippen molar-refractivity contribution in [2.45, 2.75) is 40.0 Å². The fourth-order valence-corrected chi connectivity index (χ4v) is 2.06. The highest BCUT2D eigenvalue weighted by molar-refractivity contribution is 5.31. The number of benzene rings is 1. The van der Waals surface area contributed by atoms with Gasteiger partial charge in [-0.2, -0.15) is 5.10 Å². The van der Waals surface area contributed by atoms with Crippen LogP contribution in [0.5, 0.6) is 5.75 Å². The van der Waals surface area contributed by atoms with Gasteiger partial charge >= 0.3 is 0 Å². The summed E-state index contributed by atoms with van der Waals surface area (Å²) in [4.78, 5) is 0. The van der Waals surface area contributed by atoms with E-state index in [1.54, 1.807) is 12.1 Å². The van der Waals surface area contributed by atoms with Gasteiger partial charge in [-0.25, -0.2) is 4.39 Å². The molecule has 0 bridgehead atoms. The molecule has 0 saturated carbocycles. The quantitative estimate of drug-likeness (QED) is 0.914. The minimum atomic E-state index is -0.390. The van der Waals surface area contributed by atoms with Crippen molar-refractivity contribution in [2.75, 3.05) is 0 Å². The molecule has 1 aromatic heterocycles. The van der Waals surface area contributed by atoms with Crippen molar-refractivity contribution in [3.8, 4) is 5.75 Å². The monoisotopic (exact) mass is 277 g/mol. The van der Waals surface area contributed by atoms with Crippen LogP contribution in [0.25, 0.3) is 0 Å². The van der Waals surface area contributed by atoms with Gasteiger partial charge in [-0.1, -0.05) is 6.07 Å². The molecule has 1 atom stereocenters. The standard InChI is InChI=1S/C15H20FN3O/c1-4-19-13(7-10(2)18-19)9-20-15-6-5-12(11(3)17)8-14(15)16/h5-8,11H,4,9,17H2,1-3H3/t11-/m1/s1. The van der Waals surface area contributed by atoms with Gasteiger partial charge in [0.15, 0.2) is 11.6 Å². The second-order valence-electron chi connectivity index (χ2n) is 4.86. The van der Waals surface area contributed by atoms with Gasteiger partial charge < -0.3 is 10.5 Å². The summed E-state index contributed by atoms with van der Waals surface area (Å²) in [6.07, 6.45) is 0. The molecule has 1 heterocycles. The molecule has 0 aliphatic rings. The molecule has 0 spiro atoms. The van der Waals surface area contributed by atoms with Gasteiger partial charge in [0, 0.05) is 12.6 Å². The van der Waals surface area contributed by atoms with Gasteiger partial charge in [0.05, 0.1) is 11.4 Å². The highest BCUT2D eigenvalue weighted by atomic mass is 19.1. The molecular formula is C15H20FN3O. The Morgan fingerprint density at radius 3 is 2.75 bits per heavy atom. The largest absolute Gasteiger partial charge is 0.484 e. The van der Waals surface area contributed by atoms with E-state index >= 15 is 0 Å². The van der Waals surface area contributed by atoms with E-state index < -0.39 is 0 Å². The zero-order chi connectivity index (χ0) is 14.7. The van der Waals surface area contributed by atoms with Crippen LogP contribution in [0.2, 0.25) is 0 Å². The first kappa shape index (κ1) is 14.5. The Labute approximate surface area is 118 Å². The maximum atomic E-state index is 13.9. The van der Waals surface area contributed by atoms with Gasteiger partial charge in [-0.05, 0) is 44.5 Å². The zero-order valence-corrected chi connectivity index (χ0v) is 12.1. The summed E-state index contributed by atoms with van der Waals surface area (Å²) in [6.45, 7) is 6.81. The summed E-state index contributed by atoms with van der Waals surface area (Å²) in [5.41, 5.74) is 8.33. The topological polar surface area (TPSA) is 53.1 Å². The van der Waals surface area contributed by atoms with Crippen LogP contribution in [-0.2, 0) is 13.2 Å². The summed E-state index contributed by atoms with van der Waals surface area (Å²) in [7, 11) is 0. The number of hydrogen-bond acceptors (Lipinski definition) is 3. The van der Waals surface area contributed by atoms with E-state index in [-0.39, 0.29) is 17.6 Å². The minimum absolute atomic E-state index is 0.192. The third kappa shape index (κ3) is 3.17. The summed E-state index contributed by atoms with van der Waals surface area (Å²) >= 11 is 0. The molecule has 20 heavy (non-hydrogen) atoms. The number of rotatable bonds is 5. The first-order valence-corrected chi connectivity index (χ1v) is 6.72. The molecule has 108 valence electrons. The molecule has 0 unspecified atom stereocenters. The molecule has 1 aromatic carbocycles. The molecule has 0 saturated heterocycles. The first-order valence-electron chi connectivity index (χ1n) is 6.72. The van der Waals surface area contributed by atoms with Crippen LogP contribution in [0.1, 0.15) is 36.8 Å². The predicted octanol–water partition coefficient (Wildman–Crippen LogP) is 2.95. The van der Waals surface area contributed by atoms with Crippen LogP contribution in [0.15, 0.2) is 24.3 Å². The molecule has 5 heteroatoms. The Kier molecular flexibility index (Phi) is 4.39. The highest BCUT2D eigenvalue weighted by Gasteiger charge is 2.09. The number of halogens is 1. The van der Waals surface area contributed by atoms with Crippen LogP contribution in [0.3, 0.4) is 0 Å². The lowest BCUT2D eigenvalue weighted by molar-refractivity contribution is 0.278. The third-order valence-electron chi connectivity index (χ3n) is 3.14. The number of nitrogens with two attached hydrogens (primary N) is 1. The average Bonchev–Trinajstić information content (AvgIpc) is 2.77. The number of nitrogens with zero attached hydrogens (tertiary/aromatic N) is 2. The van der Waals surface area contributed by atoms with Crippen molar-refractivity contribution < 1.29 is 9.13 Å². The predicted molar refractivity (Wildman–Crippen MR) is 76.0 cm³/mol. The Balaban J connectivity index is 2.10.